The fraction of sp³-hybridized carbons (Fsp3) is 0.158. The highest BCUT2D eigenvalue weighted by atomic mass is 35.5. The van der Waals surface area contributed by atoms with Crippen LogP contribution in [0.25, 0.3) is 16.9 Å². The van der Waals surface area contributed by atoms with Crippen molar-refractivity contribution in [2.45, 2.75) is 13.3 Å². The van der Waals surface area contributed by atoms with Gasteiger partial charge in [0.1, 0.15) is 5.75 Å². The van der Waals surface area contributed by atoms with Gasteiger partial charge in [-0.2, -0.15) is 5.10 Å². The summed E-state index contributed by atoms with van der Waals surface area (Å²) in [7, 11) is 0. The zero-order valence-electron chi connectivity index (χ0n) is 14.5. The third-order valence-corrected chi connectivity index (χ3v) is 3.85. The molecule has 0 radical (unpaired) electrons. The van der Waals surface area contributed by atoms with Gasteiger partial charge in [-0.1, -0.05) is 29.8 Å². The van der Waals surface area contributed by atoms with Crippen LogP contribution in [-0.4, -0.2) is 28.7 Å². The number of carbonyl (C=O) groups is 1. The Bertz CT molecular complexity index is 1000. The monoisotopic (exact) mass is 410 g/mol. The minimum Gasteiger partial charge on any atom is -0.461 e. The van der Waals surface area contributed by atoms with E-state index in [0.717, 1.165) is 0 Å². The van der Waals surface area contributed by atoms with Crippen LogP contribution in [0.1, 0.15) is 17.4 Å². The molecule has 3 rings (SSSR count). The van der Waals surface area contributed by atoms with E-state index in [9.17, 15) is 18.0 Å². The fourth-order valence-corrected chi connectivity index (χ4v) is 2.73. The van der Waals surface area contributed by atoms with E-state index in [1.54, 1.807) is 37.3 Å². The van der Waals surface area contributed by atoms with Gasteiger partial charge < -0.3 is 9.47 Å². The van der Waals surface area contributed by atoms with Crippen molar-refractivity contribution in [3.05, 3.63) is 65.3 Å². The van der Waals surface area contributed by atoms with Gasteiger partial charge in [0, 0.05) is 10.6 Å². The Morgan fingerprint density at radius 2 is 1.89 bits per heavy atom. The standard InChI is InChI=1S/C19H14ClF3N2O3/c1-2-27-18(26)16-11-17(25(24-16)14-7-4-6-13(20)10-14)12-5-3-8-15(9-12)28-19(21,22)23/h3-11H,2H2,1H3. The molecule has 0 amide bonds. The van der Waals surface area contributed by atoms with E-state index >= 15 is 0 Å². The fourth-order valence-electron chi connectivity index (χ4n) is 2.55. The van der Waals surface area contributed by atoms with Gasteiger partial charge in [-0.3, -0.25) is 0 Å². The summed E-state index contributed by atoms with van der Waals surface area (Å²) in [5.74, 6) is -1.03. The highest BCUT2D eigenvalue weighted by Crippen LogP contribution is 2.30. The van der Waals surface area contributed by atoms with Gasteiger partial charge in [-0.05, 0) is 43.3 Å². The first kappa shape index (κ1) is 19.8. The maximum Gasteiger partial charge on any atom is 0.573 e. The number of rotatable bonds is 5. The molecular weight excluding hydrogens is 397 g/mol. The molecule has 0 saturated carbocycles. The molecule has 1 heterocycles. The van der Waals surface area contributed by atoms with E-state index < -0.39 is 12.3 Å². The Hall–Kier alpha value is -3.00. The maximum absolute atomic E-state index is 12.5. The van der Waals surface area contributed by atoms with Gasteiger partial charge >= 0.3 is 12.3 Å². The third-order valence-electron chi connectivity index (χ3n) is 3.61. The topological polar surface area (TPSA) is 53.4 Å². The van der Waals surface area contributed by atoms with Crippen LogP contribution in [0, 0.1) is 0 Å². The predicted octanol–water partition coefficient (Wildman–Crippen LogP) is 5.27. The van der Waals surface area contributed by atoms with E-state index in [1.165, 1.54) is 28.9 Å². The second-order valence-corrected chi connectivity index (χ2v) is 6.04. The molecule has 0 N–H and O–H groups in total. The van der Waals surface area contributed by atoms with Crippen molar-refractivity contribution in [3.63, 3.8) is 0 Å². The molecule has 0 saturated heterocycles. The van der Waals surface area contributed by atoms with Gasteiger partial charge in [0.05, 0.1) is 18.0 Å². The van der Waals surface area contributed by atoms with Crippen LogP contribution in [0.2, 0.25) is 5.02 Å². The van der Waals surface area contributed by atoms with Gasteiger partial charge in [-0.15, -0.1) is 13.2 Å². The normalized spacial score (nSPS) is 11.3. The molecule has 1 aromatic heterocycles. The average Bonchev–Trinajstić information content (AvgIpc) is 3.06. The van der Waals surface area contributed by atoms with E-state index in [2.05, 4.69) is 9.84 Å². The second kappa shape index (κ2) is 7.93. The van der Waals surface area contributed by atoms with Crippen molar-refractivity contribution < 1.29 is 27.4 Å². The highest BCUT2D eigenvalue weighted by molar-refractivity contribution is 6.30. The number of hydrogen-bond acceptors (Lipinski definition) is 4. The van der Waals surface area contributed by atoms with E-state index in [0.29, 0.717) is 22.0 Å². The minimum absolute atomic E-state index is 0.0129. The largest absolute Gasteiger partial charge is 0.573 e. The zero-order chi connectivity index (χ0) is 20.3. The molecule has 3 aromatic rings. The number of benzene rings is 2. The molecule has 0 spiro atoms. The summed E-state index contributed by atoms with van der Waals surface area (Å²) in [5.41, 5.74) is 1.28. The quantitative estimate of drug-likeness (QED) is 0.538. The smallest absolute Gasteiger partial charge is 0.461 e. The van der Waals surface area contributed by atoms with Gasteiger partial charge in [0.25, 0.3) is 0 Å². The first-order valence-corrected chi connectivity index (χ1v) is 8.54. The van der Waals surface area contributed by atoms with Crippen LogP contribution in [0.3, 0.4) is 0 Å². The van der Waals surface area contributed by atoms with Crippen LogP contribution in [0.4, 0.5) is 13.2 Å². The van der Waals surface area contributed by atoms with Crippen molar-refractivity contribution in [2.24, 2.45) is 0 Å². The molecule has 0 aliphatic rings. The van der Waals surface area contributed by atoms with Crippen molar-refractivity contribution in [1.29, 1.82) is 0 Å². The molecule has 0 aliphatic carbocycles. The van der Waals surface area contributed by atoms with Gasteiger partial charge in [0.2, 0.25) is 0 Å². The Balaban J connectivity index is 2.11. The molecule has 0 unspecified atom stereocenters. The van der Waals surface area contributed by atoms with Crippen LogP contribution in [-0.2, 0) is 4.74 Å². The molecule has 28 heavy (non-hydrogen) atoms. The average molecular weight is 411 g/mol. The Labute approximate surface area is 163 Å². The van der Waals surface area contributed by atoms with Crippen molar-refractivity contribution in [3.8, 4) is 22.7 Å². The molecule has 2 aromatic carbocycles. The third kappa shape index (κ3) is 4.64. The van der Waals surface area contributed by atoms with Crippen molar-refractivity contribution in [1.82, 2.24) is 9.78 Å². The van der Waals surface area contributed by atoms with E-state index in [1.807, 2.05) is 0 Å². The highest BCUT2D eigenvalue weighted by Gasteiger charge is 2.31. The number of aromatic nitrogens is 2. The Kier molecular flexibility index (Phi) is 5.60. The zero-order valence-corrected chi connectivity index (χ0v) is 15.3. The van der Waals surface area contributed by atoms with Crippen LogP contribution >= 0.6 is 11.6 Å². The Morgan fingerprint density at radius 1 is 1.14 bits per heavy atom. The van der Waals surface area contributed by atoms with Crippen LogP contribution in [0.15, 0.2) is 54.6 Å². The summed E-state index contributed by atoms with van der Waals surface area (Å²) < 4.78 is 48.0. The molecule has 9 heteroatoms. The number of halogens is 4. The number of hydrogen-bond donors (Lipinski definition) is 0. The maximum atomic E-state index is 12.5. The molecular formula is C19H14ClF3N2O3. The molecule has 146 valence electrons. The van der Waals surface area contributed by atoms with E-state index in [4.69, 9.17) is 16.3 Å². The van der Waals surface area contributed by atoms with Crippen LogP contribution < -0.4 is 4.74 Å². The number of nitrogens with zero attached hydrogens (tertiary/aromatic N) is 2. The summed E-state index contributed by atoms with van der Waals surface area (Å²) in [6, 6.07) is 13.5. The SMILES string of the molecule is CCOC(=O)c1cc(-c2cccc(OC(F)(F)F)c2)n(-c2cccc(Cl)c2)n1. The number of alkyl halides is 3. The predicted molar refractivity (Wildman–Crippen MR) is 96.6 cm³/mol. The summed E-state index contributed by atoms with van der Waals surface area (Å²) in [5, 5.41) is 4.68. The lowest BCUT2D eigenvalue weighted by atomic mass is 10.1. The first-order chi connectivity index (χ1) is 13.3. The molecule has 0 aliphatic heterocycles. The summed E-state index contributed by atoms with van der Waals surface area (Å²) in [4.78, 5) is 12.1. The number of ether oxygens (including phenoxy) is 2. The van der Waals surface area contributed by atoms with Gasteiger partial charge in [0.15, 0.2) is 5.69 Å². The molecule has 0 atom stereocenters. The lowest BCUT2D eigenvalue weighted by Gasteiger charge is -2.11. The lowest BCUT2D eigenvalue weighted by molar-refractivity contribution is -0.274. The summed E-state index contributed by atoms with van der Waals surface area (Å²) in [6.45, 7) is 1.82. The molecule has 0 fully saturated rings. The number of esters is 1. The lowest BCUT2D eigenvalue weighted by Crippen LogP contribution is -2.17. The summed E-state index contributed by atoms with van der Waals surface area (Å²) in [6.07, 6.45) is -4.82. The van der Waals surface area contributed by atoms with E-state index in [-0.39, 0.29) is 18.1 Å². The van der Waals surface area contributed by atoms with Crippen molar-refractivity contribution >= 4 is 17.6 Å². The molecule has 5 nitrogen and oxygen atoms in total. The Morgan fingerprint density at radius 3 is 2.57 bits per heavy atom. The first-order valence-electron chi connectivity index (χ1n) is 8.16. The summed E-state index contributed by atoms with van der Waals surface area (Å²) >= 11 is 6.03. The minimum atomic E-state index is -4.82. The van der Waals surface area contributed by atoms with Crippen molar-refractivity contribution in [2.75, 3.05) is 6.61 Å². The second-order valence-electron chi connectivity index (χ2n) is 5.60. The number of carbonyl (C=O) groups excluding carboxylic acids is 1. The van der Waals surface area contributed by atoms with Gasteiger partial charge in [-0.25, -0.2) is 9.48 Å². The molecule has 0 bridgehead atoms. The van der Waals surface area contributed by atoms with Crippen LogP contribution in [0.5, 0.6) is 5.75 Å².